The summed E-state index contributed by atoms with van der Waals surface area (Å²) in [6.07, 6.45) is 5.71. The largest absolute Gasteiger partial charge is 0.462 e. The Morgan fingerprint density at radius 1 is 1.12 bits per heavy atom. The lowest BCUT2D eigenvalue weighted by molar-refractivity contribution is -0.117. The first-order chi connectivity index (χ1) is 12.4. The van der Waals surface area contributed by atoms with Gasteiger partial charge in [0.25, 0.3) is 5.91 Å². The molecule has 0 bridgehead atoms. The molecule has 0 saturated carbocycles. The highest BCUT2D eigenvalue weighted by Gasteiger charge is 2.29. The number of amides is 2. The Balaban J connectivity index is 2.12. The summed E-state index contributed by atoms with van der Waals surface area (Å²) >= 11 is 0. The topological polar surface area (TPSA) is 115 Å². The molecule has 1 aromatic heterocycles. The fourth-order valence-corrected chi connectivity index (χ4v) is 3.16. The van der Waals surface area contributed by atoms with Gasteiger partial charge in [-0.15, -0.1) is 0 Å². The zero-order valence-electron chi connectivity index (χ0n) is 15.4. The molecule has 0 atom stereocenters. The lowest BCUT2D eigenvalue weighted by Gasteiger charge is -2.23. The monoisotopic (exact) mass is 365 g/mol. The molecule has 1 aromatic rings. The Labute approximate surface area is 153 Å². The maximum atomic E-state index is 12.4. The maximum absolute atomic E-state index is 12.4. The number of primary amides is 1. The van der Waals surface area contributed by atoms with E-state index in [4.69, 9.17) is 14.9 Å². The first kappa shape index (κ1) is 20.0. The summed E-state index contributed by atoms with van der Waals surface area (Å²) in [6.45, 7) is 5.25. The third-order valence-electron chi connectivity index (χ3n) is 4.38. The second-order valence-electron chi connectivity index (χ2n) is 6.41. The van der Waals surface area contributed by atoms with Gasteiger partial charge in [-0.05, 0) is 39.8 Å². The Morgan fingerprint density at radius 3 is 2.31 bits per heavy atom. The van der Waals surface area contributed by atoms with Crippen molar-refractivity contribution >= 4 is 23.7 Å². The van der Waals surface area contributed by atoms with Crippen LogP contribution < -0.4 is 11.1 Å². The summed E-state index contributed by atoms with van der Waals surface area (Å²) in [5, 5.41) is 2.58. The van der Waals surface area contributed by atoms with Gasteiger partial charge < -0.3 is 14.9 Å². The molecule has 8 heteroatoms. The van der Waals surface area contributed by atoms with Crippen LogP contribution in [0.25, 0.3) is 0 Å². The number of nitrogens with two attached hydrogens (primary N) is 1. The van der Waals surface area contributed by atoms with Crippen LogP contribution in [-0.4, -0.2) is 48.9 Å². The first-order valence-corrected chi connectivity index (χ1v) is 9.06. The van der Waals surface area contributed by atoms with Gasteiger partial charge in [0, 0.05) is 0 Å². The Morgan fingerprint density at radius 2 is 1.73 bits per heavy atom. The Bertz CT molecular complexity index is 660. The van der Waals surface area contributed by atoms with Gasteiger partial charge in [-0.3, -0.25) is 19.8 Å². The van der Waals surface area contributed by atoms with Gasteiger partial charge in [-0.25, -0.2) is 4.79 Å². The number of rotatable bonds is 6. The van der Waals surface area contributed by atoms with Crippen molar-refractivity contribution in [3.8, 4) is 0 Å². The second kappa shape index (κ2) is 9.38. The van der Waals surface area contributed by atoms with Gasteiger partial charge in [0.1, 0.15) is 16.9 Å². The van der Waals surface area contributed by atoms with Gasteiger partial charge >= 0.3 is 5.97 Å². The third-order valence-corrected chi connectivity index (χ3v) is 4.38. The van der Waals surface area contributed by atoms with Gasteiger partial charge in [-0.1, -0.05) is 19.3 Å². The van der Waals surface area contributed by atoms with Crippen LogP contribution in [0.1, 0.15) is 65.5 Å². The van der Waals surface area contributed by atoms with E-state index >= 15 is 0 Å². The van der Waals surface area contributed by atoms with Crippen LogP contribution in [0.5, 0.6) is 0 Å². The molecule has 144 valence electrons. The number of nitrogens with one attached hydrogen (secondary N) is 1. The fourth-order valence-electron chi connectivity index (χ4n) is 3.16. The van der Waals surface area contributed by atoms with Crippen molar-refractivity contribution in [2.45, 2.75) is 46.0 Å². The molecular formula is C18H27N3O5. The Hall–Kier alpha value is -2.35. The predicted octanol–water partition coefficient (Wildman–Crippen LogP) is 2.07. The molecular weight excluding hydrogens is 338 g/mol. The predicted molar refractivity (Wildman–Crippen MR) is 96.1 cm³/mol. The van der Waals surface area contributed by atoms with Crippen LogP contribution in [0.3, 0.4) is 0 Å². The number of hydrogen-bond donors (Lipinski definition) is 2. The van der Waals surface area contributed by atoms with E-state index in [9.17, 15) is 14.4 Å². The van der Waals surface area contributed by atoms with Crippen molar-refractivity contribution in [2.75, 3.05) is 31.6 Å². The third kappa shape index (κ3) is 5.08. The molecule has 26 heavy (non-hydrogen) atoms. The SMILES string of the molecule is CCOC(=O)c1c(C)oc(NC(=O)CN2CCCCCCC2)c1C(N)=O. The van der Waals surface area contributed by atoms with Crippen LogP contribution >= 0.6 is 0 Å². The first-order valence-electron chi connectivity index (χ1n) is 9.06. The van der Waals surface area contributed by atoms with Gasteiger partial charge in [0.2, 0.25) is 11.8 Å². The highest BCUT2D eigenvalue weighted by molar-refractivity contribution is 6.10. The Kier molecular flexibility index (Phi) is 7.20. The minimum atomic E-state index is -0.855. The molecule has 3 N–H and O–H groups in total. The van der Waals surface area contributed by atoms with Crippen molar-refractivity contribution in [3.63, 3.8) is 0 Å². The second-order valence-corrected chi connectivity index (χ2v) is 6.41. The highest BCUT2D eigenvalue weighted by atomic mass is 16.5. The van der Waals surface area contributed by atoms with E-state index in [1.165, 1.54) is 26.2 Å². The van der Waals surface area contributed by atoms with Crippen LogP contribution in [0.2, 0.25) is 0 Å². The summed E-state index contributed by atoms with van der Waals surface area (Å²) in [6, 6.07) is 0. The van der Waals surface area contributed by atoms with Gasteiger partial charge in [0.05, 0.1) is 13.2 Å². The van der Waals surface area contributed by atoms with E-state index in [0.717, 1.165) is 25.9 Å². The van der Waals surface area contributed by atoms with E-state index in [1.54, 1.807) is 6.92 Å². The van der Waals surface area contributed by atoms with E-state index < -0.39 is 11.9 Å². The standard InChI is InChI=1S/C18H27N3O5/c1-3-25-18(24)14-12(2)26-17(15(14)16(19)23)20-13(22)11-21-9-7-5-4-6-8-10-21/h3-11H2,1-2H3,(H2,19,23)(H,20,22). The quantitative estimate of drug-likeness (QED) is 0.746. The summed E-state index contributed by atoms with van der Waals surface area (Å²) in [5.74, 6) is -1.79. The number of aryl methyl sites for hydroxylation is 1. The molecule has 0 radical (unpaired) electrons. The molecule has 2 amide bonds. The maximum Gasteiger partial charge on any atom is 0.342 e. The summed E-state index contributed by atoms with van der Waals surface area (Å²) < 4.78 is 10.4. The fraction of sp³-hybridized carbons (Fsp3) is 0.611. The number of furan rings is 1. The minimum Gasteiger partial charge on any atom is -0.462 e. The van der Waals surface area contributed by atoms with Crippen LogP contribution in [-0.2, 0) is 9.53 Å². The molecule has 0 aromatic carbocycles. The van der Waals surface area contributed by atoms with Gasteiger partial charge in [0.15, 0.2) is 0 Å². The molecule has 0 unspecified atom stereocenters. The van der Waals surface area contributed by atoms with Crippen molar-refractivity contribution in [1.82, 2.24) is 4.90 Å². The van der Waals surface area contributed by atoms with Crippen molar-refractivity contribution < 1.29 is 23.5 Å². The summed E-state index contributed by atoms with van der Waals surface area (Å²) in [7, 11) is 0. The summed E-state index contributed by atoms with van der Waals surface area (Å²) in [4.78, 5) is 38.4. The zero-order valence-corrected chi connectivity index (χ0v) is 15.4. The zero-order chi connectivity index (χ0) is 19.1. The lowest BCUT2D eigenvalue weighted by Crippen LogP contribution is -2.35. The molecule has 1 aliphatic rings. The number of anilines is 1. The lowest BCUT2D eigenvalue weighted by atomic mass is 10.1. The average molecular weight is 365 g/mol. The van der Waals surface area contributed by atoms with E-state index in [1.807, 2.05) is 0 Å². The summed E-state index contributed by atoms with van der Waals surface area (Å²) in [5.41, 5.74) is 5.20. The smallest absolute Gasteiger partial charge is 0.342 e. The molecule has 8 nitrogen and oxygen atoms in total. The number of esters is 1. The van der Waals surface area contributed by atoms with Crippen molar-refractivity contribution in [3.05, 3.63) is 16.9 Å². The molecule has 2 heterocycles. The number of ether oxygens (including phenoxy) is 1. The molecule has 2 rings (SSSR count). The molecule has 1 aliphatic heterocycles. The van der Waals surface area contributed by atoms with E-state index in [-0.39, 0.29) is 41.8 Å². The van der Waals surface area contributed by atoms with Crippen molar-refractivity contribution in [2.24, 2.45) is 5.73 Å². The van der Waals surface area contributed by atoms with E-state index in [2.05, 4.69) is 10.2 Å². The number of hydrogen-bond acceptors (Lipinski definition) is 6. The molecule has 1 fully saturated rings. The van der Waals surface area contributed by atoms with Crippen LogP contribution in [0.15, 0.2) is 4.42 Å². The number of nitrogens with zero attached hydrogens (tertiary/aromatic N) is 1. The average Bonchev–Trinajstić information content (AvgIpc) is 2.86. The van der Waals surface area contributed by atoms with Crippen LogP contribution in [0, 0.1) is 6.92 Å². The number of likely N-dealkylation sites (tertiary alicyclic amines) is 1. The number of carbonyl (C=O) groups is 3. The molecule has 0 aliphatic carbocycles. The highest BCUT2D eigenvalue weighted by Crippen LogP contribution is 2.27. The van der Waals surface area contributed by atoms with Crippen molar-refractivity contribution in [1.29, 1.82) is 0 Å². The van der Waals surface area contributed by atoms with Gasteiger partial charge in [-0.2, -0.15) is 0 Å². The number of carbonyl (C=O) groups excluding carboxylic acids is 3. The normalized spacial score (nSPS) is 15.8. The molecule has 0 spiro atoms. The molecule has 1 saturated heterocycles. The minimum absolute atomic E-state index is 0.0408. The van der Waals surface area contributed by atoms with E-state index in [0.29, 0.717) is 0 Å². The van der Waals surface area contributed by atoms with Crippen LogP contribution in [0.4, 0.5) is 5.88 Å².